The van der Waals surface area contributed by atoms with Crippen molar-refractivity contribution >= 4 is 11.6 Å². The molecule has 0 spiro atoms. The zero-order valence-corrected chi connectivity index (χ0v) is 10.9. The molecule has 0 bridgehead atoms. The molecule has 3 heteroatoms. The molecule has 1 fully saturated rings. The zero-order valence-electron chi connectivity index (χ0n) is 10.1. The Kier molecular flexibility index (Phi) is 4.43. The summed E-state index contributed by atoms with van der Waals surface area (Å²) < 4.78 is 5.49. The fourth-order valence-electron chi connectivity index (χ4n) is 2.75. The van der Waals surface area contributed by atoms with E-state index in [9.17, 15) is 0 Å². The van der Waals surface area contributed by atoms with Crippen LogP contribution in [-0.4, -0.2) is 19.8 Å². The van der Waals surface area contributed by atoms with Crippen LogP contribution in [0.1, 0.15) is 31.2 Å². The molecule has 1 aliphatic rings. The largest absolute Gasteiger partial charge is 0.381 e. The molecule has 0 amide bonds. The van der Waals surface area contributed by atoms with Crippen LogP contribution in [0, 0.1) is 0 Å². The van der Waals surface area contributed by atoms with Gasteiger partial charge >= 0.3 is 0 Å². The Bertz CT molecular complexity index is 361. The second-order valence-electron chi connectivity index (χ2n) is 4.76. The third kappa shape index (κ3) is 2.82. The molecule has 1 aromatic carbocycles. The van der Waals surface area contributed by atoms with Crippen molar-refractivity contribution in [3.8, 4) is 0 Å². The quantitative estimate of drug-likeness (QED) is 0.895. The van der Waals surface area contributed by atoms with Gasteiger partial charge in [-0.3, -0.25) is 0 Å². The number of nitrogens with two attached hydrogens (primary N) is 1. The normalized spacial score (nSPS) is 19.2. The first-order chi connectivity index (χ1) is 8.28. The van der Waals surface area contributed by atoms with Crippen LogP contribution in [0.25, 0.3) is 0 Å². The van der Waals surface area contributed by atoms with E-state index in [1.54, 1.807) is 0 Å². The number of benzene rings is 1. The van der Waals surface area contributed by atoms with Crippen molar-refractivity contribution in [2.75, 3.05) is 19.8 Å². The second-order valence-corrected chi connectivity index (χ2v) is 5.17. The molecule has 0 atom stereocenters. The van der Waals surface area contributed by atoms with E-state index in [4.69, 9.17) is 22.1 Å². The van der Waals surface area contributed by atoms with E-state index in [0.29, 0.717) is 0 Å². The smallest absolute Gasteiger partial charge is 0.0474 e. The van der Waals surface area contributed by atoms with Gasteiger partial charge in [0.1, 0.15) is 0 Å². The fraction of sp³-hybridized carbons (Fsp3) is 0.571. The van der Waals surface area contributed by atoms with Crippen LogP contribution < -0.4 is 5.73 Å². The first-order valence-corrected chi connectivity index (χ1v) is 6.69. The molecule has 0 aromatic heterocycles. The van der Waals surface area contributed by atoms with Gasteiger partial charge in [0.25, 0.3) is 0 Å². The predicted molar refractivity (Wildman–Crippen MR) is 71.5 cm³/mol. The summed E-state index contributed by atoms with van der Waals surface area (Å²) >= 11 is 6.35. The van der Waals surface area contributed by atoms with E-state index in [-0.39, 0.29) is 5.41 Å². The number of hydrogen-bond donors (Lipinski definition) is 1. The van der Waals surface area contributed by atoms with Crippen LogP contribution in [-0.2, 0) is 10.2 Å². The van der Waals surface area contributed by atoms with Gasteiger partial charge in [0, 0.05) is 23.7 Å². The predicted octanol–water partition coefficient (Wildman–Crippen LogP) is 3.13. The van der Waals surface area contributed by atoms with Crippen molar-refractivity contribution in [1.82, 2.24) is 0 Å². The standard InChI is InChI=1S/C14H20ClNO/c15-13-5-2-1-4-12(13)14(6-3-9-16)7-10-17-11-8-14/h1-2,4-5H,3,6-11,16H2. The minimum absolute atomic E-state index is 0.177. The van der Waals surface area contributed by atoms with E-state index in [2.05, 4.69) is 12.1 Å². The summed E-state index contributed by atoms with van der Waals surface area (Å²) in [6.07, 6.45) is 4.26. The average molecular weight is 254 g/mol. The number of rotatable bonds is 4. The molecule has 2 N–H and O–H groups in total. The molecule has 2 rings (SSSR count). The first-order valence-electron chi connectivity index (χ1n) is 6.31. The van der Waals surface area contributed by atoms with Crippen molar-refractivity contribution in [2.24, 2.45) is 5.73 Å². The van der Waals surface area contributed by atoms with Gasteiger partial charge in [-0.1, -0.05) is 29.8 Å². The second kappa shape index (κ2) is 5.85. The minimum Gasteiger partial charge on any atom is -0.381 e. The zero-order chi connectivity index (χ0) is 12.1. The monoisotopic (exact) mass is 253 g/mol. The Morgan fingerprint density at radius 1 is 1.24 bits per heavy atom. The van der Waals surface area contributed by atoms with Gasteiger partial charge in [0.2, 0.25) is 0 Å². The van der Waals surface area contributed by atoms with E-state index < -0.39 is 0 Å². The van der Waals surface area contributed by atoms with E-state index in [0.717, 1.165) is 50.5 Å². The molecule has 1 saturated heterocycles. The Morgan fingerprint density at radius 2 is 1.94 bits per heavy atom. The number of hydrogen-bond acceptors (Lipinski definition) is 2. The van der Waals surface area contributed by atoms with Crippen LogP contribution >= 0.6 is 11.6 Å². The van der Waals surface area contributed by atoms with Crippen molar-refractivity contribution in [3.63, 3.8) is 0 Å². The van der Waals surface area contributed by atoms with Gasteiger partial charge in [-0.25, -0.2) is 0 Å². The molecule has 0 aliphatic carbocycles. The molecule has 2 nitrogen and oxygen atoms in total. The molecule has 0 unspecified atom stereocenters. The van der Waals surface area contributed by atoms with Crippen LogP contribution in [0.3, 0.4) is 0 Å². The summed E-state index contributed by atoms with van der Waals surface area (Å²) in [4.78, 5) is 0. The fourth-order valence-corrected chi connectivity index (χ4v) is 3.08. The lowest BCUT2D eigenvalue weighted by atomic mass is 9.71. The van der Waals surface area contributed by atoms with Crippen molar-refractivity contribution in [2.45, 2.75) is 31.1 Å². The van der Waals surface area contributed by atoms with Crippen LogP contribution in [0.4, 0.5) is 0 Å². The maximum absolute atomic E-state index is 6.35. The van der Waals surface area contributed by atoms with Gasteiger partial charge in [0.15, 0.2) is 0 Å². The summed E-state index contributed by atoms with van der Waals surface area (Å²) in [5.74, 6) is 0. The van der Waals surface area contributed by atoms with E-state index >= 15 is 0 Å². The molecule has 0 saturated carbocycles. The Hall–Kier alpha value is -0.570. The maximum atomic E-state index is 6.35. The van der Waals surface area contributed by atoms with Crippen LogP contribution in [0.2, 0.25) is 5.02 Å². The highest BCUT2D eigenvalue weighted by Crippen LogP contribution is 2.41. The van der Waals surface area contributed by atoms with E-state index in [1.807, 2.05) is 12.1 Å². The van der Waals surface area contributed by atoms with Gasteiger partial charge in [-0.2, -0.15) is 0 Å². The molecule has 1 aromatic rings. The van der Waals surface area contributed by atoms with Crippen LogP contribution in [0.5, 0.6) is 0 Å². The summed E-state index contributed by atoms with van der Waals surface area (Å²) in [6, 6.07) is 8.20. The van der Waals surface area contributed by atoms with Crippen molar-refractivity contribution in [3.05, 3.63) is 34.9 Å². The number of ether oxygens (including phenoxy) is 1. The highest BCUT2D eigenvalue weighted by atomic mass is 35.5. The molecule has 17 heavy (non-hydrogen) atoms. The van der Waals surface area contributed by atoms with Gasteiger partial charge in [0.05, 0.1) is 0 Å². The minimum atomic E-state index is 0.177. The van der Waals surface area contributed by atoms with Crippen molar-refractivity contribution in [1.29, 1.82) is 0 Å². The first kappa shape index (κ1) is 12.9. The lowest BCUT2D eigenvalue weighted by Crippen LogP contribution is -2.34. The Morgan fingerprint density at radius 3 is 2.59 bits per heavy atom. The molecular weight excluding hydrogens is 234 g/mol. The van der Waals surface area contributed by atoms with Gasteiger partial charge < -0.3 is 10.5 Å². The summed E-state index contributed by atoms with van der Waals surface area (Å²) in [5, 5.41) is 0.881. The van der Waals surface area contributed by atoms with E-state index in [1.165, 1.54) is 5.56 Å². The Balaban J connectivity index is 2.28. The molecule has 1 heterocycles. The molecule has 1 aliphatic heterocycles. The molecule has 94 valence electrons. The SMILES string of the molecule is NCCCC1(c2ccccc2Cl)CCOCC1. The van der Waals surface area contributed by atoms with Gasteiger partial charge in [-0.15, -0.1) is 0 Å². The summed E-state index contributed by atoms with van der Waals surface area (Å²) in [7, 11) is 0. The lowest BCUT2D eigenvalue weighted by molar-refractivity contribution is 0.0463. The number of halogens is 1. The lowest BCUT2D eigenvalue weighted by Gasteiger charge is -2.38. The third-order valence-electron chi connectivity index (χ3n) is 3.75. The third-order valence-corrected chi connectivity index (χ3v) is 4.08. The highest BCUT2D eigenvalue weighted by Gasteiger charge is 2.35. The topological polar surface area (TPSA) is 35.2 Å². The molecular formula is C14H20ClNO. The molecule has 0 radical (unpaired) electrons. The van der Waals surface area contributed by atoms with Crippen molar-refractivity contribution < 1.29 is 4.74 Å². The Labute approximate surface area is 108 Å². The maximum Gasteiger partial charge on any atom is 0.0474 e. The average Bonchev–Trinajstić information content (AvgIpc) is 2.38. The summed E-state index contributed by atoms with van der Waals surface area (Å²) in [5.41, 5.74) is 7.11. The summed E-state index contributed by atoms with van der Waals surface area (Å²) in [6.45, 7) is 2.40. The van der Waals surface area contributed by atoms with Crippen LogP contribution in [0.15, 0.2) is 24.3 Å². The van der Waals surface area contributed by atoms with Gasteiger partial charge in [-0.05, 0) is 43.9 Å². The highest BCUT2D eigenvalue weighted by molar-refractivity contribution is 6.31.